The van der Waals surface area contributed by atoms with Crippen LogP contribution in [0.15, 0.2) is 18.3 Å². The number of hydrogen-bond acceptors (Lipinski definition) is 3. The molecule has 1 fully saturated rings. The molecule has 0 spiro atoms. The third-order valence-corrected chi connectivity index (χ3v) is 3.51. The van der Waals surface area contributed by atoms with Gasteiger partial charge in [-0.3, -0.25) is 9.78 Å². The quantitative estimate of drug-likeness (QED) is 0.871. The Morgan fingerprint density at radius 2 is 2.22 bits per heavy atom. The Bertz CT molecular complexity index is 442. The van der Waals surface area contributed by atoms with Crippen molar-refractivity contribution in [3.05, 3.63) is 24.0 Å². The standard InChI is InChI=1S/C14H21N3O/c1-14(2)6-3-4-8-17(10-14)11-5-7-16-12(9-11)13(15)18/h5,7,9H,3-4,6,8,10H2,1-2H3,(H2,15,18). The summed E-state index contributed by atoms with van der Waals surface area (Å²) in [5.41, 5.74) is 6.98. The Hall–Kier alpha value is -1.58. The van der Waals surface area contributed by atoms with Gasteiger partial charge in [-0.25, -0.2) is 0 Å². The largest absolute Gasteiger partial charge is 0.371 e. The van der Waals surface area contributed by atoms with Crippen molar-refractivity contribution in [1.29, 1.82) is 0 Å². The number of carbonyl (C=O) groups excluding carboxylic acids is 1. The van der Waals surface area contributed by atoms with Crippen LogP contribution in [0.2, 0.25) is 0 Å². The Kier molecular flexibility index (Phi) is 3.55. The zero-order valence-corrected chi connectivity index (χ0v) is 11.1. The van der Waals surface area contributed by atoms with Gasteiger partial charge in [0.2, 0.25) is 0 Å². The van der Waals surface area contributed by atoms with E-state index in [1.165, 1.54) is 19.3 Å². The van der Waals surface area contributed by atoms with Crippen LogP contribution in [-0.2, 0) is 0 Å². The van der Waals surface area contributed by atoms with Crippen LogP contribution in [0.4, 0.5) is 5.69 Å². The van der Waals surface area contributed by atoms with E-state index in [0.717, 1.165) is 18.8 Å². The number of rotatable bonds is 2. The van der Waals surface area contributed by atoms with Gasteiger partial charge in [0.05, 0.1) is 0 Å². The Morgan fingerprint density at radius 3 is 2.94 bits per heavy atom. The third kappa shape index (κ3) is 3.00. The fourth-order valence-corrected chi connectivity index (χ4v) is 2.55. The van der Waals surface area contributed by atoms with Gasteiger partial charge in [0.1, 0.15) is 5.69 Å². The summed E-state index contributed by atoms with van der Waals surface area (Å²) < 4.78 is 0. The minimum Gasteiger partial charge on any atom is -0.371 e. The van der Waals surface area contributed by atoms with Gasteiger partial charge in [0.25, 0.3) is 5.91 Å². The van der Waals surface area contributed by atoms with Crippen LogP contribution < -0.4 is 10.6 Å². The fourth-order valence-electron chi connectivity index (χ4n) is 2.55. The highest BCUT2D eigenvalue weighted by Crippen LogP contribution is 2.30. The Balaban J connectivity index is 2.24. The number of anilines is 1. The Morgan fingerprint density at radius 1 is 1.44 bits per heavy atom. The molecule has 1 saturated heterocycles. The van der Waals surface area contributed by atoms with Gasteiger partial charge in [-0.05, 0) is 30.4 Å². The molecule has 2 heterocycles. The summed E-state index contributed by atoms with van der Waals surface area (Å²) in [6.45, 7) is 6.63. The van der Waals surface area contributed by atoms with Crippen molar-refractivity contribution < 1.29 is 4.79 Å². The number of nitrogens with zero attached hydrogens (tertiary/aromatic N) is 2. The van der Waals surface area contributed by atoms with Crippen molar-refractivity contribution in [3.63, 3.8) is 0 Å². The third-order valence-electron chi connectivity index (χ3n) is 3.51. The van der Waals surface area contributed by atoms with Crippen molar-refractivity contribution in [3.8, 4) is 0 Å². The van der Waals surface area contributed by atoms with E-state index < -0.39 is 5.91 Å². The predicted molar refractivity (Wildman–Crippen MR) is 72.6 cm³/mol. The maximum atomic E-state index is 11.2. The molecule has 0 saturated carbocycles. The van der Waals surface area contributed by atoms with Crippen molar-refractivity contribution in [1.82, 2.24) is 4.98 Å². The average Bonchev–Trinajstić information content (AvgIpc) is 2.50. The van der Waals surface area contributed by atoms with Gasteiger partial charge in [0.15, 0.2) is 0 Å². The molecule has 2 rings (SSSR count). The number of aromatic nitrogens is 1. The molecule has 0 unspecified atom stereocenters. The van der Waals surface area contributed by atoms with E-state index in [-0.39, 0.29) is 0 Å². The lowest BCUT2D eigenvalue weighted by molar-refractivity contribution is 0.0995. The number of primary amides is 1. The van der Waals surface area contributed by atoms with E-state index >= 15 is 0 Å². The van der Waals surface area contributed by atoms with E-state index in [1.54, 1.807) is 12.3 Å². The highest BCUT2D eigenvalue weighted by atomic mass is 16.1. The first-order valence-electron chi connectivity index (χ1n) is 6.49. The summed E-state index contributed by atoms with van der Waals surface area (Å²) in [4.78, 5) is 17.5. The molecule has 1 aliphatic rings. The topological polar surface area (TPSA) is 59.2 Å². The summed E-state index contributed by atoms with van der Waals surface area (Å²) in [5.74, 6) is -0.467. The first-order chi connectivity index (χ1) is 8.48. The monoisotopic (exact) mass is 247 g/mol. The maximum absolute atomic E-state index is 11.2. The molecule has 1 amide bonds. The second-order valence-corrected chi connectivity index (χ2v) is 5.81. The molecule has 1 aromatic heterocycles. The van der Waals surface area contributed by atoms with Gasteiger partial charge < -0.3 is 10.6 Å². The lowest BCUT2D eigenvalue weighted by Crippen LogP contribution is -2.32. The molecule has 4 heteroatoms. The van der Waals surface area contributed by atoms with E-state index in [1.807, 2.05) is 6.07 Å². The van der Waals surface area contributed by atoms with Crippen LogP contribution in [-0.4, -0.2) is 24.0 Å². The molecule has 98 valence electrons. The molecule has 4 nitrogen and oxygen atoms in total. The van der Waals surface area contributed by atoms with Gasteiger partial charge in [-0.1, -0.05) is 20.3 Å². The lowest BCUT2D eigenvalue weighted by atomic mass is 9.88. The van der Waals surface area contributed by atoms with Crippen molar-refractivity contribution in [2.45, 2.75) is 33.1 Å². The Labute approximate surface area is 108 Å². The zero-order chi connectivity index (χ0) is 13.2. The molecule has 0 aromatic carbocycles. The number of pyridine rings is 1. The smallest absolute Gasteiger partial charge is 0.267 e. The average molecular weight is 247 g/mol. The molecular weight excluding hydrogens is 226 g/mol. The fraction of sp³-hybridized carbons (Fsp3) is 0.571. The SMILES string of the molecule is CC1(C)CCCCN(c2ccnc(C(N)=O)c2)C1. The highest BCUT2D eigenvalue weighted by Gasteiger charge is 2.25. The van der Waals surface area contributed by atoms with E-state index in [2.05, 4.69) is 23.7 Å². The number of nitrogens with two attached hydrogens (primary N) is 1. The van der Waals surface area contributed by atoms with Crippen molar-refractivity contribution >= 4 is 11.6 Å². The highest BCUT2D eigenvalue weighted by molar-refractivity contribution is 5.91. The lowest BCUT2D eigenvalue weighted by Gasteiger charge is -2.31. The minimum absolute atomic E-state index is 0.312. The van der Waals surface area contributed by atoms with Gasteiger partial charge in [0, 0.05) is 25.0 Å². The normalized spacial score (nSPS) is 19.3. The first-order valence-corrected chi connectivity index (χ1v) is 6.49. The summed E-state index contributed by atoms with van der Waals surface area (Å²) in [5, 5.41) is 0. The number of amides is 1. The van der Waals surface area contributed by atoms with Crippen LogP contribution in [0.5, 0.6) is 0 Å². The van der Waals surface area contributed by atoms with Crippen LogP contribution in [0.1, 0.15) is 43.6 Å². The molecule has 18 heavy (non-hydrogen) atoms. The summed E-state index contributed by atoms with van der Waals surface area (Å²) >= 11 is 0. The molecule has 0 bridgehead atoms. The van der Waals surface area contributed by atoms with E-state index in [0.29, 0.717) is 11.1 Å². The molecule has 0 aliphatic carbocycles. The van der Waals surface area contributed by atoms with E-state index in [4.69, 9.17) is 5.73 Å². The van der Waals surface area contributed by atoms with Gasteiger partial charge >= 0.3 is 0 Å². The molecule has 1 aliphatic heterocycles. The van der Waals surface area contributed by atoms with Gasteiger partial charge in [-0.15, -0.1) is 0 Å². The predicted octanol–water partition coefficient (Wildman–Crippen LogP) is 2.20. The molecule has 1 aromatic rings. The summed E-state index contributed by atoms with van der Waals surface area (Å²) in [6.07, 6.45) is 5.36. The van der Waals surface area contributed by atoms with Crippen LogP contribution >= 0.6 is 0 Å². The van der Waals surface area contributed by atoms with Crippen LogP contribution in [0, 0.1) is 5.41 Å². The number of hydrogen-bond donors (Lipinski definition) is 1. The number of carbonyl (C=O) groups is 1. The molecule has 2 N–H and O–H groups in total. The van der Waals surface area contributed by atoms with Crippen LogP contribution in [0.3, 0.4) is 0 Å². The van der Waals surface area contributed by atoms with Crippen molar-refractivity contribution in [2.24, 2.45) is 11.1 Å². The van der Waals surface area contributed by atoms with Gasteiger partial charge in [-0.2, -0.15) is 0 Å². The first kappa shape index (κ1) is 12.9. The summed E-state index contributed by atoms with van der Waals surface area (Å²) in [7, 11) is 0. The maximum Gasteiger partial charge on any atom is 0.267 e. The van der Waals surface area contributed by atoms with Crippen LogP contribution in [0.25, 0.3) is 0 Å². The second-order valence-electron chi connectivity index (χ2n) is 5.81. The molecule has 0 radical (unpaired) electrons. The molecular formula is C14H21N3O. The summed E-state index contributed by atoms with van der Waals surface area (Å²) in [6, 6.07) is 3.75. The van der Waals surface area contributed by atoms with Crippen molar-refractivity contribution in [2.75, 3.05) is 18.0 Å². The second kappa shape index (κ2) is 4.96. The van der Waals surface area contributed by atoms with E-state index in [9.17, 15) is 4.79 Å². The molecule has 0 atom stereocenters. The minimum atomic E-state index is -0.467. The zero-order valence-electron chi connectivity index (χ0n) is 11.1.